The quantitative estimate of drug-likeness (QED) is 0.879. The third-order valence-corrected chi connectivity index (χ3v) is 5.30. The van der Waals surface area contributed by atoms with Crippen molar-refractivity contribution < 1.29 is 9.32 Å². The van der Waals surface area contributed by atoms with Gasteiger partial charge in [0, 0.05) is 37.7 Å². The van der Waals surface area contributed by atoms with Crippen LogP contribution in [0, 0.1) is 5.92 Å². The molecule has 0 unspecified atom stereocenters. The summed E-state index contributed by atoms with van der Waals surface area (Å²) < 4.78 is 5.29. The number of carbonyl (C=O) groups is 1. The summed E-state index contributed by atoms with van der Waals surface area (Å²) in [6, 6.07) is 12.5. The second-order valence-corrected chi connectivity index (χ2v) is 7.44. The molecule has 1 amide bonds. The van der Waals surface area contributed by atoms with Crippen molar-refractivity contribution >= 4 is 5.91 Å². The van der Waals surface area contributed by atoms with Gasteiger partial charge in [0.15, 0.2) is 5.69 Å². The fourth-order valence-electron chi connectivity index (χ4n) is 3.57. The van der Waals surface area contributed by atoms with Gasteiger partial charge in [-0.25, -0.2) is 0 Å². The van der Waals surface area contributed by atoms with Crippen molar-refractivity contribution in [2.75, 3.05) is 19.6 Å². The predicted octanol–water partition coefficient (Wildman–Crippen LogP) is 2.84. The zero-order chi connectivity index (χ0) is 17.2. The van der Waals surface area contributed by atoms with E-state index >= 15 is 0 Å². The Labute approximate surface area is 148 Å². The van der Waals surface area contributed by atoms with Gasteiger partial charge in [-0.05, 0) is 30.7 Å². The van der Waals surface area contributed by atoms with E-state index in [0.29, 0.717) is 17.5 Å². The first kappa shape index (κ1) is 16.3. The molecular weight excluding hydrogens is 314 g/mol. The molecule has 132 valence electrons. The molecule has 5 nitrogen and oxygen atoms in total. The summed E-state index contributed by atoms with van der Waals surface area (Å²) in [7, 11) is 0. The molecule has 1 aliphatic heterocycles. The van der Waals surface area contributed by atoms with Crippen LogP contribution in [0.3, 0.4) is 0 Å². The number of nitrogens with zero attached hydrogens (tertiary/aromatic N) is 2. The Hall–Kier alpha value is -2.14. The topological polar surface area (TPSA) is 58.4 Å². The van der Waals surface area contributed by atoms with Crippen molar-refractivity contribution in [3.63, 3.8) is 0 Å². The summed E-state index contributed by atoms with van der Waals surface area (Å²) in [5, 5.41) is 7.08. The second kappa shape index (κ2) is 7.00. The third kappa shape index (κ3) is 3.93. The molecule has 0 spiro atoms. The number of carbonyl (C=O) groups excluding carboxylic acids is 1. The van der Waals surface area contributed by atoms with Crippen LogP contribution < -0.4 is 5.32 Å². The number of nitrogens with one attached hydrogen (secondary N) is 1. The Bertz CT molecular complexity index is 724. The second-order valence-electron chi connectivity index (χ2n) is 7.44. The Balaban J connectivity index is 1.29. The van der Waals surface area contributed by atoms with Crippen LogP contribution in [-0.2, 0) is 6.42 Å². The molecule has 1 aliphatic carbocycles. The molecule has 25 heavy (non-hydrogen) atoms. The summed E-state index contributed by atoms with van der Waals surface area (Å²) >= 11 is 0. The predicted molar refractivity (Wildman–Crippen MR) is 95.5 cm³/mol. The largest absolute Gasteiger partial charge is 0.360 e. The molecule has 0 radical (unpaired) electrons. The molecule has 1 saturated carbocycles. The first-order chi connectivity index (χ1) is 12.2. The van der Waals surface area contributed by atoms with Gasteiger partial charge in [-0.1, -0.05) is 42.4 Å². The Kier molecular flexibility index (Phi) is 4.57. The van der Waals surface area contributed by atoms with Crippen LogP contribution in [0.4, 0.5) is 0 Å². The van der Waals surface area contributed by atoms with E-state index in [1.54, 1.807) is 6.07 Å². The highest BCUT2D eigenvalue weighted by molar-refractivity contribution is 5.92. The van der Waals surface area contributed by atoms with Crippen molar-refractivity contribution in [1.82, 2.24) is 15.4 Å². The molecule has 1 aromatic carbocycles. The Morgan fingerprint density at radius 2 is 2.08 bits per heavy atom. The van der Waals surface area contributed by atoms with Crippen LogP contribution in [0.1, 0.15) is 47.5 Å². The van der Waals surface area contributed by atoms with Crippen molar-refractivity contribution in [3.05, 3.63) is 53.4 Å². The average Bonchev–Trinajstić information content (AvgIpc) is 3.25. The molecule has 4 rings (SSSR count). The molecule has 1 saturated heterocycles. The van der Waals surface area contributed by atoms with Gasteiger partial charge in [0.05, 0.1) is 0 Å². The zero-order valence-electron chi connectivity index (χ0n) is 14.6. The van der Waals surface area contributed by atoms with E-state index in [1.165, 1.54) is 5.56 Å². The van der Waals surface area contributed by atoms with E-state index in [4.69, 9.17) is 4.52 Å². The first-order valence-corrected chi connectivity index (χ1v) is 9.23. The van der Waals surface area contributed by atoms with Gasteiger partial charge < -0.3 is 14.7 Å². The van der Waals surface area contributed by atoms with Crippen molar-refractivity contribution in [3.8, 4) is 0 Å². The number of amides is 1. The standard InChI is InChI=1S/C20H25N3O2/c1-14-12-23(10-9-15-5-3-2-4-6-15)13-18(14)21-20(24)17-11-19(25-22-17)16-7-8-16/h2-6,11,14,16,18H,7-10,12-13H2,1H3,(H,21,24)/t14-,18+/m0/s1. The van der Waals surface area contributed by atoms with E-state index in [1.807, 2.05) is 6.07 Å². The number of likely N-dealkylation sites (tertiary alicyclic amines) is 1. The molecule has 1 N–H and O–H groups in total. The van der Waals surface area contributed by atoms with Crippen LogP contribution >= 0.6 is 0 Å². The van der Waals surface area contributed by atoms with Crippen molar-refractivity contribution in [1.29, 1.82) is 0 Å². The number of benzene rings is 1. The maximum Gasteiger partial charge on any atom is 0.273 e. The minimum Gasteiger partial charge on any atom is -0.360 e. The summed E-state index contributed by atoms with van der Waals surface area (Å²) in [5.74, 6) is 1.66. The highest BCUT2D eigenvalue weighted by Crippen LogP contribution is 2.40. The highest BCUT2D eigenvalue weighted by Gasteiger charge is 2.32. The molecule has 5 heteroatoms. The Morgan fingerprint density at radius 1 is 1.28 bits per heavy atom. The molecule has 2 aliphatic rings. The summed E-state index contributed by atoms with van der Waals surface area (Å²) in [4.78, 5) is 14.9. The van der Waals surface area contributed by atoms with Crippen LogP contribution in [-0.4, -0.2) is 41.6 Å². The SMILES string of the molecule is C[C@H]1CN(CCc2ccccc2)C[C@H]1NC(=O)c1cc(C2CC2)on1. The lowest BCUT2D eigenvalue weighted by Gasteiger charge is -2.16. The van der Waals surface area contributed by atoms with Gasteiger partial charge in [-0.3, -0.25) is 4.79 Å². The zero-order valence-corrected chi connectivity index (χ0v) is 14.6. The van der Waals surface area contributed by atoms with Crippen LogP contribution in [0.25, 0.3) is 0 Å². The first-order valence-electron chi connectivity index (χ1n) is 9.23. The molecule has 0 bridgehead atoms. The Morgan fingerprint density at radius 3 is 2.84 bits per heavy atom. The fourth-order valence-corrected chi connectivity index (χ4v) is 3.57. The molecule has 2 aromatic rings. The van der Waals surface area contributed by atoms with Crippen LogP contribution in [0.2, 0.25) is 0 Å². The smallest absolute Gasteiger partial charge is 0.273 e. The molecular formula is C20H25N3O2. The van der Waals surface area contributed by atoms with Crippen molar-refractivity contribution in [2.24, 2.45) is 5.92 Å². The molecule has 2 fully saturated rings. The maximum atomic E-state index is 12.4. The number of aromatic nitrogens is 1. The molecule has 2 heterocycles. The van der Waals surface area contributed by atoms with Crippen LogP contribution in [0.5, 0.6) is 0 Å². The molecule has 2 atom stereocenters. The van der Waals surface area contributed by atoms with Gasteiger partial charge in [-0.2, -0.15) is 0 Å². The number of rotatable bonds is 6. The average molecular weight is 339 g/mol. The van der Waals surface area contributed by atoms with Gasteiger partial charge in [0.1, 0.15) is 5.76 Å². The third-order valence-electron chi connectivity index (χ3n) is 5.30. The normalized spacial score (nSPS) is 23.7. The lowest BCUT2D eigenvalue weighted by Crippen LogP contribution is -2.40. The lowest BCUT2D eigenvalue weighted by atomic mass is 10.1. The van der Waals surface area contributed by atoms with Gasteiger partial charge >= 0.3 is 0 Å². The van der Waals surface area contributed by atoms with Gasteiger partial charge in [-0.15, -0.1) is 0 Å². The van der Waals surface area contributed by atoms with Gasteiger partial charge in [0.2, 0.25) is 0 Å². The summed E-state index contributed by atoms with van der Waals surface area (Å²) in [6.45, 7) is 5.14. The lowest BCUT2D eigenvalue weighted by molar-refractivity contribution is 0.0922. The summed E-state index contributed by atoms with van der Waals surface area (Å²) in [6.07, 6.45) is 3.33. The minimum absolute atomic E-state index is 0.114. The van der Waals surface area contributed by atoms with E-state index in [2.05, 4.69) is 46.6 Å². The highest BCUT2D eigenvalue weighted by atomic mass is 16.5. The number of hydrogen-bond acceptors (Lipinski definition) is 4. The van der Waals surface area contributed by atoms with E-state index in [9.17, 15) is 4.79 Å². The number of hydrogen-bond donors (Lipinski definition) is 1. The van der Waals surface area contributed by atoms with E-state index < -0.39 is 0 Å². The van der Waals surface area contributed by atoms with Crippen LogP contribution in [0.15, 0.2) is 40.9 Å². The van der Waals surface area contributed by atoms with E-state index in [-0.39, 0.29) is 11.9 Å². The van der Waals surface area contributed by atoms with Crippen molar-refractivity contribution in [2.45, 2.75) is 38.1 Å². The fraction of sp³-hybridized carbons (Fsp3) is 0.500. The minimum atomic E-state index is -0.114. The maximum absolute atomic E-state index is 12.4. The van der Waals surface area contributed by atoms with E-state index in [0.717, 1.165) is 44.7 Å². The summed E-state index contributed by atoms with van der Waals surface area (Å²) in [5.41, 5.74) is 1.77. The van der Waals surface area contributed by atoms with Gasteiger partial charge in [0.25, 0.3) is 5.91 Å². The molecule has 1 aromatic heterocycles. The monoisotopic (exact) mass is 339 g/mol.